The van der Waals surface area contributed by atoms with Crippen molar-refractivity contribution in [3.05, 3.63) is 36.1 Å². The molecule has 86 valence electrons. The molecule has 0 radical (unpaired) electrons. The highest BCUT2D eigenvalue weighted by atomic mass is 16.5. The van der Waals surface area contributed by atoms with Crippen molar-refractivity contribution in [3.8, 4) is 0 Å². The molecule has 6 heteroatoms. The number of hydrogen-bond donors (Lipinski definition) is 3. The summed E-state index contributed by atoms with van der Waals surface area (Å²) in [5, 5.41) is 26.6. The standard InChI is InChI=1S/C10H10O6/c1-5(9(12)13)16-8-4-6(10(14)15)2-3-7(8)11/h2-4,7-8,11H,1H2,(H,12,13)(H,14,15)/t7?,8-/m1/s1. The number of aliphatic hydroxyl groups excluding tert-OH is 1. The maximum Gasteiger partial charge on any atom is 0.370 e. The van der Waals surface area contributed by atoms with Gasteiger partial charge in [0.2, 0.25) is 0 Å². The van der Waals surface area contributed by atoms with E-state index in [0.29, 0.717) is 0 Å². The number of carboxylic acids is 2. The lowest BCUT2D eigenvalue weighted by Crippen LogP contribution is -2.29. The second-order valence-electron chi connectivity index (χ2n) is 3.09. The van der Waals surface area contributed by atoms with Crippen molar-refractivity contribution in [3.63, 3.8) is 0 Å². The van der Waals surface area contributed by atoms with Crippen molar-refractivity contribution in [2.24, 2.45) is 0 Å². The molecule has 0 saturated carbocycles. The largest absolute Gasteiger partial charge is 0.478 e. The lowest BCUT2D eigenvalue weighted by Gasteiger charge is -2.21. The van der Waals surface area contributed by atoms with Gasteiger partial charge in [-0.3, -0.25) is 0 Å². The van der Waals surface area contributed by atoms with Crippen LogP contribution in [0.1, 0.15) is 0 Å². The first kappa shape index (κ1) is 12.0. The summed E-state index contributed by atoms with van der Waals surface area (Å²) >= 11 is 0. The highest BCUT2D eigenvalue weighted by Crippen LogP contribution is 2.16. The Kier molecular flexibility index (Phi) is 3.47. The van der Waals surface area contributed by atoms with E-state index in [1.54, 1.807) is 0 Å². The van der Waals surface area contributed by atoms with Gasteiger partial charge in [-0.15, -0.1) is 0 Å². The van der Waals surface area contributed by atoms with Gasteiger partial charge in [0.1, 0.15) is 12.2 Å². The Morgan fingerprint density at radius 3 is 2.50 bits per heavy atom. The third-order valence-corrected chi connectivity index (χ3v) is 1.92. The van der Waals surface area contributed by atoms with Crippen LogP contribution < -0.4 is 0 Å². The molecule has 0 spiro atoms. The molecule has 0 aromatic carbocycles. The first-order chi connectivity index (χ1) is 7.41. The highest BCUT2D eigenvalue weighted by Gasteiger charge is 2.24. The number of rotatable bonds is 4. The van der Waals surface area contributed by atoms with E-state index in [9.17, 15) is 14.7 Å². The fourth-order valence-electron chi connectivity index (χ4n) is 1.10. The maximum atomic E-state index is 10.6. The van der Waals surface area contributed by atoms with E-state index in [4.69, 9.17) is 14.9 Å². The molecule has 0 aromatic rings. The molecule has 1 rings (SSSR count). The molecular weight excluding hydrogens is 216 g/mol. The molecule has 2 atom stereocenters. The second kappa shape index (κ2) is 4.63. The zero-order valence-electron chi connectivity index (χ0n) is 8.16. The Labute approximate surface area is 90.8 Å². The number of aliphatic hydroxyl groups is 1. The minimum absolute atomic E-state index is 0.0755. The first-order valence-corrected chi connectivity index (χ1v) is 4.32. The Bertz CT molecular complexity index is 392. The Morgan fingerprint density at radius 1 is 1.38 bits per heavy atom. The van der Waals surface area contributed by atoms with Crippen LogP contribution in [0.2, 0.25) is 0 Å². The Morgan fingerprint density at radius 2 is 2.00 bits per heavy atom. The predicted octanol–water partition coefficient (Wildman–Crippen LogP) is -0.0884. The van der Waals surface area contributed by atoms with Gasteiger partial charge < -0.3 is 20.1 Å². The Hall–Kier alpha value is -2.08. The lowest BCUT2D eigenvalue weighted by atomic mass is 10.0. The van der Waals surface area contributed by atoms with Gasteiger partial charge in [0.05, 0.1) is 5.57 Å². The Balaban J connectivity index is 2.80. The molecule has 16 heavy (non-hydrogen) atoms. The second-order valence-corrected chi connectivity index (χ2v) is 3.09. The molecule has 1 aliphatic carbocycles. The van der Waals surface area contributed by atoms with Crippen molar-refractivity contribution in [2.45, 2.75) is 12.2 Å². The van der Waals surface area contributed by atoms with Crippen LogP contribution in [0.4, 0.5) is 0 Å². The normalized spacial score (nSPS) is 23.4. The van der Waals surface area contributed by atoms with Crippen LogP contribution in [-0.2, 0) is 14.3 Å². The van der Waals surface area contributed by atoms with Gasteiger partial charge in [0.15, 0.2) is 5.76 Å². The van der Waals surface area contributed by atoms with Crippen LogP contribution in [-0.4, -0.2) is 39.5 Å². The minimum Gasteiger partial charge on any atom is -0.478 e. The van der Waals surface area contributed by atoms with Gasteiger partial charge in [0, 0.05) is 0 Å². The highest BCUT2D eigenvalue weighted by molar-refractivity contribution is 5.90. The van der Waals surface area contributed by atoms with E-state index in [2.05, 4.69) is 6.58 Å². The number of carboxylic acid groups (broad SMARTS) is 2. The monoisotopic (exact) mass is 226 g/mol. The molecule has 0 amide bonds. The van der Waals surface area contributed by atoms with E-state index < -0.39 is 29.9 Å². The van der Waals surface area contributed by atoms with Crippen molar-refractivity contribution < 1.29 is 29.6 Å². The summed E-state index contributed by atoms with van der Waals surface area (Å²) in [5.74, 6) is -3.11. The summed E-state index contributed by atoms with van der Waals surface area (Å²) < 4.78 is 4.81. The third kappa shape index (κ3) is 2.71. The maximum absolute atomic E-state index is 10.6. The molecule has 0 bridgehead atoms. The van der Waals surface area contributed by atoms with Gasteiger partial charge in [-0.2, -0.15) is 0 Å². The van der Waals surface area contributed by atoms with Crippen LogP contribution in [0, 0.1) is 0 Å². The third-order valence-electron chi connectivity index (χ3n) is 1.92. The molecule has 3 N–H and O–H groups in total. The fraction of sp³-hybridized carbons (Fsp3) is 0.200. The molecule has 1 aliphatic rings. The predicted molar refractivity (Wildman–Crippen MR) is 52.5 cm³/mol. The summed E-state index contributed by atoms with van der Waals surface area (Å²) in [7, 11) is 0. The summed E-state index contributed by atoms with van der Waals surface area (Å²) in [6.07, 6.45) is 1.40. The van der Waals surface area contributed by atoms with Crippen LogP contribution in [0.5, 0.6) is 0 Å². The van der Waals surface area contributed by atoms with Crippen LogP contribution in [0.25, 0.3) is 0 Å². The molecule has 0 aliphatic heterocycles. The quantitative estimate of drug-likeness (QED) is 0.457. The topological polar surface area (TPSA) is 104 Å². The number of carbonyl (C=O) groups is 2. The fourth-order valence-corrected chi connectivity index (χ4v) is 1.10. The van der Waals surface area contributed by atoms with Gasteiger partial charge in [0.25, 0.3) is 0 Å². The summed E-state index contributed by atoms with van der Waals surface area (Å²) in [6.45, 7) is 3.12. The number of aliphatic carboxylic acids is 2. The zero-order valence-corrected chi connectivity index (χ0v) is 8.16. The molecular formula is C10H10O6. The average Bonchev–Trinajstić information content (AvgIpc) is 2.20. The lowest BCUT2D eigenvalue weighted by molar-refractivity contribution is -0.137. The summed E-state index contributed by atoms with van der Waals surface area (Å²) in [5.41, 5.74) is -0.0755. The van der Waals surface area contributed by atoms with E-state index in [0.717, 1.165) is 6.08 Å². The molecule has 0 fully saturated rings. The number of hydrogen-bond acceptors (Lipinski definition) is 4. The van der Waals surface area contributed by atoms with E-state index in [1.165, 1.54) is 12.2 Å². The molecule has 1 unspecified atom stereocenters. The van der Waals surface area contributed by atoms with E-state index in [-0.39, 0.29) is 5.57 Å². The van der Waals surface area contributed by atoms with Crippen molar-refractivity contribution in [2.75, 3.05) is 0 Å². The molecule has 6 nitrogen and oxygen atoms in total. The smallest absolute Gasteiger partial charge is 0.370 e. The van der Waals surface area contributed by atoms with Crippen LogP contribution >= 0.6 is 0 Å². The van der Waals surface area contributed by atoms with Gasteiger partial charge >= 0.3 is 11.9 Å². The molecule has 0 aromatic heterocycles. The van der Waals surface area contributed by atoms with Crippen molar-refractivity contribution in [1.29, 1.82) is 0 Å². The van der Waals surface area contributed by atoms with Gasteiger partial charge in [-0.25, -0.2) is 9.59 Å². The van der Waals surface area contributed by atoms with E-state index in [1.807, 2.05) is 0 Å². The summed E-state index contributed by atoms with van der Waals surface area (Å²) in [6, 6.07) is 0. The molecule has 0 heterocycles. The van der Waals surface area contributed by atoms with Gasteiger partial charge in [-0.05, 0) is 18.7 Å². The average molecular weight is 226 g/mol. The van der Waals surface area contributed by atoms with Crippen molar-refractivity contribution in [1.82, 2.24) is 0 Å². The van der Waals surface area contributed by atoms with E-state index >= 15 is 0 Å². The summed E-state index contributed by atoms with van der Waals surface area (Å²) in [4.78, 5) is 21.1. The van der Waals surface area contributed by atoms with Gasteiger partial charge in [-0.1, -0.05) is 6.08 Å². The molecule has 0 saturated heterocycles. The zero-order chi connectivity index (χ0) is 12.3. The van der Waals surface area contributed by atoms with Crippen LogP contribution in [0.15, 0.2) is 36.1 Å². The van der Waals surface area contributed by atoms with Crippen LogP contribution in [0.3, 0.4) is 0 Å². The SMILES string of the molecule is C=C(O[C@@H]1C=C(C(=O)O)C=CC1O)C(=O)O. The van der Waals surface area contributed by atoms with Crippen molar-refractivity contribution >= 4 is 11.9 Å². The first-order valence-electron chi connectivity index (χ1n) is 4.32. The number of ether oxygens (including phenoxy) is 1. The minimum atomic E-state index is -1.37.